The van der Waals surface area contributed by atoms with E-state index in [1.165, 1.54) is 0 Å². The number of aliphatic hydroxyl groups excluding tert-OH is 1. The molecular formula is C7H11NO2. The zero-order valence-corrected chi connectivity index (χ0v) is 5.66. The summed E-state index contributed by atoms with van der Waals surface area (Å²) in [5.41, 5.74) is 5.58. The molecule has 4 atom stereocenters. The largest absolute Gasteiger partial charge is 0.391 e. The molecule has 0 aromatic heterocycles. The van der Waals surface area contributed by atoms with Crippen molar-refractivity contribution in [3.63, 3.8) is 0 Å². The molecule has 3 heteroatoms. The molecule has 10 heavy (non-hydrogen) atoms. The fourth-order valence-corrected chi connectivity index (χ4v) is 2.15. The molecule has 0 spiro atoms. The molecule has 0 radical (unpaired) electrons. The Morgan fingerprint density at radius 1 is 1.40 bits per heavy atom. The van der Waals surface area contributed by atoms with Crippen LogP contribution >= 0.6 is 0 Å². The Balaban J connectivity index is 2.29. The van der Waals surface area contributed by atoms with Gasteiger partial charge in [-0.2, -0.15) is 0 Å². The lowest BCUT2D eigenvalue weighted by Gasteiger charge is -2.20. The molecule has 2 fully saturated rings. The summed E-state index contributed by atoms with van der Waals surface area (Å²) >= 11 is 0. The number of carbonyl (C=O) groups excluding carboxylic acids is 1. The van der Waals surface area contributed by atoms with E-state index >= 15 is 0 Å². The van der Waals surface area contributed by atoms with E-state index in [-0.39, 0.29) is 23.7 Å². The molecule has 2 rings (SSSR count). The molecule has 2 aliphatic rings. The molecule has 3 N–H and O–H groups in total. The van der Waals surface area contributed by atoms with Crippen LogP contribution in [0.2, 0.25) is 0 Å². The van der Waals surface area contributed by atoms with Crippen LogP contribution in [0.25, 0.3) is 0 Å². The van der Waals surface area contributed by atoms with Gasteiger partial charge in [0.05, 0.1) is 6.10 Å². The molecule has 2 unspecified atom stereocenters. The third-order valence-corrected chi connectivity index (χ3v) is 2.79. The predicted molar refractivity (Wildman–Crippen MR) is 35.2 cm³/mol. The van der Waals surface area contributed by atoms with Gasteiger partial charge in [-0.25, -0.2) is 0 Å². The average molecular weight is 141 g/mol. The van der Waals surface area contributed by atoms with E-state index in [1.807, 2.05) is 0 Å². The van der Waals surface area contributed by atoms with Crippen LogP contribution in [0.3, 0.4) is 0 Å². The van der Waals surface area contributed by atoms with Gasteiger partial charge < -0.3 is 10.8 Å². The Bertz CT molecular complexity index is 162. The van der Waals surface area contributed by atoms with Gasteiger partial charge in [-0.15, -0.1) is 0 Å². The highest BCUT2D eigenvalue weighted by molar-refractivity contribution is 5.89. The summed E-state index contributed by atoms with van der Waals surface area (Å²) in [5.74, 6) is 0.0417. The zero-order valence-electron chi connectivity index (χ0n) is 5.66. The number of carbonyl (C=O) groups is 1. The molecule has 0 aromatic rings. The van der Waals surface area contributed by atoms with Gasteiger partial charge in [-0.05, 0) is 12.8 Å². The third-order valence-electron chi connectivity index (χ3n) is 2.79. The Hall–Kier alpha value is -0.410. The topological polar surface area (TPSA) is 63.3 Å². The van der Waals surface area contributed by atoms with Gasteiger partial charge in [-0.1, -0.05) is 0 Å². The van der Waals surface area contributed by atoms with Gasteiger partial charge in [0.15, 0.2) is 0 Å². The first-order valence-electron chi connectivity index (χ1n) is 3.69. The van der Waals surface area contributed by atoms with Crippen LogP contribution in [-0.4, -0.2) is 23.0 Å². The highest BCUT2D eigenvalue weighted by Gasteiger charge is 2.51. The van der Waals surface area contributed by atoms with Gasteiger partial charge in [0.25, 0.3) is 0 Å². The predicted octanol–water partition coefficient (Wildman–Crippen LogP) is -0.717. The average Bonchev–Trinajstić information content (AvgIpc) is 2.34. The summed E-state index contributed by atoms with van der Waals surface area (Å²) in [6.07, 6.45) is 1.19. The van der Waals surface area contributed by atoms with Crippen LogP contribution in [0.5, 0.6) is 0 Å². The number of ketones is 1. The van der Waals surface area contributed by atoms with Crippen molar-refractivity contribution in [2.75, 3.05) is 0 Å². The minimum Gasteiger partial charge on any atom is -0.391 e. The maximum absolute atomic E-state index is 11.1. The van der Waals surface area contributed by atoms with Crippen LogP contribution in [0, 0.1) is 11.8 Å². The Morgan fingerprint density at radius 3 is 2.30 bits per heavy atom. The number of aliphatic hydroxyl groups is 1. The van der Waals surface area contributed by atoms with Crippen molar-refractivity contribution in [2.45, 2.75) is 25.0 Å². The maximum atomic E-state index is 11.1. The van der Waals surface area contributed by atoms with Crippen molar-refractivity contribution < 1.29 is 9.90 Å². The molecule has 0 aliphatic heterocycles. The monoisotopic (exact) mass is 141 g/mol. The Morgan fingerprint density at radius 2 is 2.00 bits per heavy atom. The lowest BCUT2D eigenvalue weighted by Crippen LogP contribution is -2.39. The van der Waals surface area contributed by atoms with Crippen LogP contribution in [0.1, 0.15) is 12.8 Å². The van der Waals surface area contributed by atoms with Crippen molar-refractivity contribution in [3.8, 4) is 0 Å². The van der Waals surface area contributed by atoms with Gasteiger partial charge in [0.2, 0.25) is 0 Å². The van der Waals surface area contributed by atoms with E-state index in [0.717, 1.165) is 12.8 Å². The highest BCUT2D eigenvalue weighted by Crippen LogP contribution is 2.40. The zero-order chi connectivity index (χ0) is 7.30. The second kappa shape index (κ2) is 1.80. The van der Waals surface area contributed by atoms with E-state index in [2.05, 4.69) is 0 Å². The van der Waals surface area contributed by atoms with Crippen molar-refractivity contribution in [2.24, 2.45) is 17.6 Å². The maximum Gasteiger partial charge on any atom is 0.143 e. The first kappa shape index (κ1) is 6.31. The van der Waals surface area contributed by atoms with Gasteiger partial charge in [-0.3, -0.25) is 4.79 Å². The van der Waals surface area contributed by atoms with E-state index < -0.39 is 6.10 Å². The minimum absolute atomic E-state index is 0.0278. The van der Waals surface area contributed by atoms with E-state index in [4.69, 9.17) is 5.73 Å². The summed E-state index contributed by atoms with van der Waals surface area (Å²) in [4.78, 5) is 11.1. The number of hydrogen-bond acceptors (Lipinski definition) is 3. The quantitative estimate of drug-likeness (QED) is 0.468. The Labute approximate surface area is 59.2 Å². The Kier molecular flexibility index (Phi) is 1.13. The molecule has 0 amide bonds. The summed E-state index contributed by atoms with van der Waals surface area (Å²) in [7, 11) is 0. The highest BCUT2D eigenvalue weighted by atomic mass is 16.3. The SMILES string of the molecule is NC1[C@H](O)C2CC[C@H]1C2=O. The fourth-order valence-electron chi connectivity index (χ4n) is 2.15. The van der Waals surface area contributed by atoms with Crippen molar-refractivity contribution in [1.82, 2.24) is 0 Å². The van der Waals surface area contributed by atoms with Crippen LogP contribution in [-0.2, 0) is 4.79 Å². The number of Topliss-reactive ketones (excluding diaryl/α,β-unsaturated/α-hetero) is 1. The van der Waals surface area contributed by atoms with Gasteiger partial charge >= 0.3 is 0 Å². The van der Waals surface area contributed by atoms with Gasteiger partial charge in [0, 0.05) is 17.9 Å². The van der Waals surface area contributed by atoms with Crippen molar-refractivity contribution in [3.05, 3.63) is 0 Å². The van der Waals surface area contributed by atoms with E-state index in [0.29, 0.717) is 0 Å². The van der Waals surface area contributed by atoms with Crippen LogP contribution < -0.4 is 5.73 Å². The number of nitrogens with two attached hydrogens (primary N) is 1. The van der Waals surface area contributed by atoms with E-state index in [1.54, 1.807) is 0 Å². The molecule has 0 saturated heterocycles. The fraction of sp³-hybridized carbons (Fsp3) is 0.857. The number of hydrogen-bond donors (Lipinski definition) is 2. The summed E-state index contributed by atoms with van der Waals surface area (Å²) in [5, 5.41) is 9.31. The molecule has 2 saturated carbocycles. The summed E-state index contributed by atoms with van der Waals surface area (Å²) in [6.45, 7) is 0. The van der Waals surface area contributed by atoms with E-state index in [9.17, 15) is 9.90 Å². The second-order valence-electron chi connectivity index (χ2n) is 3.26. The molecular weight excluding hydrogens is 130 g/mol. The molecule has 3 nitrogen and oxygen atoms in total. The summed E-state index contributed by atoms with van der Waals surface area (Å²) < 4.78 is 0. The number of fused-ring (bicyclic) bond motifs is 2. The summed E-state index contributed by atoms with van der Waals surface area (Å²) in [6, 6.07) is -0.272. The molecule has 56 valence electrons. The second-order valence-corrected chi connectivity index (χ2v) is 3.26. The molecule has 0 heterocycles. The molecule has 2 aliphatic carbocycles. The number of rotatable bonds is 0. The minimum atomic E-state index is -0.550. The smallest absolute Gasteiger partial charge is 0.143 e. The van der Waals surface area contributed by atoms with Crippen molar-refractivity contribution >= 4 is 5.78 Å². The first-order valence-corrected chi connectivity index (χ1v) is 3.69. The lowest BCUT2D eigenvalue weighted by molar-refractivity contribution is -0.122. The van der Waals surface area contributed by atoms with Crippen LogP contribution in [0.15, 0.2) is 0 Å². The molecule has 2 bridgehead atoms. The normalized spacial score (nSPS) is 52.4. The lowest BCUT2D eigenvalue weighted by atomic mass is 9.94. The first-order chi connectivity index (χ1) is 4.72. The molecule has 0 aromatic carbocycles. The van der Waals surface area contributed by atoms with Crippen LogP contribution in [0.4, 0.5) is 0 Å². The third kappa shape index (κ3) is 0.545. The standard InChI is InChI=1S/C7H11NO2/c8-5-3-1-2-4(6(3)9)7(5)10/h3-5,7,10H,1-2,8H2/t3-,4?,5?,7-/m1/s1. The van der Waals surface area contributed by atoms with Gasteiger partial charge in [0.1, 0.15) is 5.78 Å². The van der Waals surface area contributed by atoms with Crippen molar-refractivity contribution in [1.29, 1.82) is 0 Å².